The Bertz CT molecular complexity index is 530. The number of hydrogen-bond donors (Lipinski definition) is 2. The Morgan fingerprint density at radius 3 is 2.71 bits per heavy atom. The van der Waals surface area contributed by atoms with Gasteiger partial charge in [-0.15, -0.1) is 0 Å². The first-order valence-electron chi connectivity index (χ1n) is 6.81. The van der Waals surface area contributed by atoms with E-state index in [1.54, 1.807) is 0 Å². The number of amides is 2. The molecule has 0 bridgehead atoms. The molecule has 1 fully saturated rings. The molecule has 0 spiro atoms. The zero-order valence-corrected chi connectivity index (χ0v) is 11.7. The van der Waals surface area contributed by atoms with Crippen LogP contribution in [0.3, 0.4) is 0 Å². The average Bonchev–Trinajstić information content (AvgIpc) is 2.54. The van der Waals surface area contributed by atoms with E-state index in [0.717, 1.165) is 5.56 Å². The van der Waals surface area contributed by atoms with Crippen molar-refractivity contribution in [3.63, 3.8) is 0 Å². The molecule has 2 amide bonds. The Morgan fingerprint density at radius 2 is 2.05 bits per heavy atom. The van der Waals surface area contributed by atoms with Crippen LogP contribution in [0, 0.1) is 11.3 Å². The maximum absolute atomic E-state index is 11.9. The van der Waals surface area contributed by atoms with Crippen LogP contribution in [0.4, 0.5) is 4.79 Å². The van der Waals surface area contributed by atoms with Crippen molar-refractivity contribution in [1.29, 1.82) is 5.26 Å². The third-order valence-corrected chi connectivity index (χ3v) is 3.09. The Balaban J connectivity index is 1.86. The molecule has 2 rings (SSSR count). The highest BCUT2D eigenvalue weighted by atomic mass is 16.5. The van der Waals surface area contributed by atoms with E-state index in [1.807, 2.05) is 41.3 Å². The molecule has 1 aromatic carbocycles. The average molecular weight is 286 g/mol. The molecule has 0 saturated carbocycles. The Hall–Kier alpha value is -2.52. The molecule has 21 heavy (non-hydrogen) atoms. The van der Waals surface area contributed by atoms with E-state index >= 15 is 0 Å². The minimum Gasteiger partial charge on any atom is -0.378 e. The van der Waals surface area contributed by atoms with Gasteiger partial charge in [-0.3, -0.25) is 5.32 Å². The smallest absolute Gasteiger partial charge is 0.320 e. The molecule has 0 atom stereocenters. The summed E-state index contributed by atoms with van der Waals surface area (Å²) < 4.78 is 5.26. The number of nitrogens with one attached hydrogen (secondary N) is 2. The van der Waals surface area contributed by atoms with E-state index in [1.165, 1.54) is 6.08 Å². The van der Waals surface area contributed by atoms with Crippen molar-refractivity contribution in [2.75, 3.05) is 26.3 Å². The SMILES string of the molecule is N#C/C=C(/NC(=O)NCc1ccccc1)N1CCOCC1. The van der Waals surface area contributed by atoms with Gasteiger partial charge in [0.2, 0.25) is 0 Å². The highest BCUT2D eigenvalue weighted by Crippen LogP contribution is 2.05. The molecule has 6 nitrogen and oxygen atoms in total. The van der Waals surface area contributed by atoms with Crippen LogP contribution in [-0.2, 0) is 11.3 Å². The van der Waals surface area contributed by atoms with Crippen molar-refractivity contribution in [3.05, 3.63) is 47.8 Å². The highest BCUT2D eigenvalue weighted by molar-refractivity contribution is 5.75. The van der Waals surface area contributed by atoms with E-state index in [2.05, 4.69) is 10.6 Å². The number of nitrogens with zero attached hydrogens (tertiary/aromatic N) is 2. The number of urea groups is 1. The summed E-state index contributed by atoms with van der Waals surface area (Å²) in [6.07, 6.45) is 1.34. The first kappa shape index (κ1) is 14.9. The predicted molar refractivity (Wildman–Crippen MR) is 77.9 cm³/mol. The van der Waals surface area contributed by atoms with Crippen molar-refractivity contribution < 1.29 is 9.53 Å². The van der Waals surface area contributed by atoms with E-state index in [-0.39, 0.29) is 6.03 Å². The summed E-state index contributed by atoms with van der Waals surface area (Å²) >= 11 is 0. The minimum absolute atomic E-state index is 0.327. The quantitative estimate of drug-likeness (QED) is 0.815. The van der Waals surface area contributed by atoms with Crippen LogP contribution in [0.2, 0.25) is 0 Å². The molecule has 0 unspecified atom stereocenters. The van der Waals surface area contributed by atoms with Crippen LogP contribution in [0.25, 0.3) is 0 Å². The molecular weight excluding hydrogens is 268 g/mol. The van der Waals surface area contributed by atoms with E-state index in [4.69, 9.17) is 10.00 Å². The number of rotatable bonds is 4. The fourth-order valence-electron chi connectivity index (χ4n) is 2.01. The molecule has 0 aromatic heterocycles. The predicted octanol–water partition coefficient (Wildman–Crippen LogP) is 1.18. The molecule has 1 aliphatic heterocycles. The van der Waals surface area contributed by atoms with Crippen molar-refractivity contribution in [1.82, 2.24) is 15.5 Å². The molecule has 0 radical (unpaired) electrons. The zero-order chi connectivity index (χ0) is 14.9. The first-order valence-corrected chi connectivity index (χ1v) is 6.81. The lowest BCUT2D eigenvalue weighted by atomic mass is 10.2. The van der Waals surface area contributed by atoms with Crippen LogP contribution in [0.1, 0.15) is 5.56 Å². The second-order valence-electron chi connectivity index (χ2n) is 4.55. The van der Waals surface area contributed by atoms with Gasteiger partial charge in [0.1, 0.15) is 5.82 Å². The van der Waals surface area contributed by atoms with Gasteiger partial charge in [0.25, 0.3) is 0 Å². The van der Waals surface area contributed by atoms with Crippen LogP contribution >= 0.6 is 0 Å². The second-order valence-corrected chi connectivity index (χ2v) is 4.55. The second kappa shape index (κ2) is 7.92. The van der Waals surface area contributed by atoms with Gasteiger partial charge in [0.15, 0.2) is 0 Å². The van der Waals surface area contributed by atoms with Crippen LogP contribution < -0.4 is 10.6 Å². The maximum atomic E-state index is 11.9. The number of carbonyl (C=O) groups excluding carboxylic acids is 1. The van der Waals surface area contributed by atoms with Gasteiger partial charge in [-0.25, -0.2) is 4.79 Å². The van der Waals surface area contributed by atoms with Gasteiger partial charge in [-0.2, -0.15) is 5.26 Å². The fraction of sp³-hybridized carbons (Fsp3) is 0.333. The number of ether oxygens (including phenoxy) is 1. The summed E-state index contributed by atoms with van der Waals surface area (Å²) in [7, 11) is 0. The minimum atomic E-state index is -0.327. The van der Waals surface area contributed by atoms with Gasteiger partial charge in [-0.1, -0.05) is 30.3 Å². The lowest BCUT2D eigenvalue weighted by molar-refractivity contribution is 0.0510. The third kappa shape index (κ3) is 4.82. The van der Waals surface area contributed by atoms with Gasteiger partial charge in [0.05, 0.1) is 25.4 Å². The number of carbonyl (C=O) groups is 1. The lowest BCUT2D eigenvalue weighted by Crippen LogP contribution is -2.44. The molecular formula is C15H18N4O2. The summed E-state index contributed by atoms with van der Waals surface area (Å²) in [6, 6.07) is 11.3. The molecule has 110 valence electrons. The number of morpholine rings is 1. The topological polar surface area (TPSA) is 77.4 Å². The zero-order valence-electron chi connectivity index (χ0n) is 11.7. The van der Waals surface area contributed by atoms with Gasteiger partial charge >= 0.3 is 6.03 Å². The number of hydrogen-bond acceptors (Lipinski definition) is 4. The third-order valence-electron chi connectivity index (χ3n) is 3.09. The Kier molecular flexibility index (Phi) is 5.61. The summed E-state index contributed by atoms with van der Waals surface area (Å²) in [5.41, 5.74) is 1.02. The van der Waals surface area contributed by atoms with E-state index in [0.29, 0.717) is 38.7 Å². The van der Waals surface area contributed by atoms with Crippen molar-refractivity contribution in [2.45, 2.75) is 6.54 Å². The molecule has 1 heterocycles. The summed E-state index contributed by atoms with van der Waals surface area (Å²) in [5, 5.41) is 14.3. The molecule has 6 heteroatoms. The van der Waals surface area contributed by atoms with Gasteiger partial charge in [-0.05, 0) is 5.56 Å². The monoisotopic (exact) mass is 286 g/mol. The highest BCUT2D eigenvalue weighted by Gasteiger charge is 2.15. The van der Waals surface area contributed by atoms with Crippen molar-refractivity contribution in [3.8, 4) is 6.07 Å². The number of nitriles is 1. The molecule has 2 N–H and O–H groups in total. The molecule has 1 saturated heterocycles. The number of benzene rings is 1. The summed E-state index contributed by atoms with van der Waals surface area (Å²) in [4.78, 5) is 13.8. The lowest BCUT2D eigenvalue weighted by Gasteiger charge is -2.30. The Labute approximate surface area is 124 Å². The Morgan fingerprint density at radius 1 is 1.33 bits per heavy atom. The van der Waals surface area contributed by atoms with Gasteiger partial charge in [0, 0.05) is 19.6 Å². The maximum Gasteiger partial charge on any atom is 0.320 e. The fourth-order valence-corrected chi connectivity index (χ4v) is 2.01. The number of allylic oxidation sites excluding steroid dienone is 1. The van der Waals surface area contributed by atoms with Crippen LogP contribution in [-0.4, -0.2) is 37.2 Å². The standard InChI is InChI=1S/C15H18N4O2/c16-7-6-14(19-8-10-21-11-9-19)18-15(20)17-12-13-4-2-1-3-5-13/h1-6H,8-12H2,(H2,17,18,20)/b14-6-. The van der Waals surface area contributed by atoms with Crippen molar-refractivity contribution >= 4 is 6.03 Å². The van der Waals surface area contributed by atoms with Crippen LogP contribution in [0.15, 0.2) is 42.2 Å². The molecule has 1 aliphatic rings. The van der Waals surface area contributed by atoms with Gasteiger partial charge < -0.3 is 15.0 Å². The largest absolute Gasteiger partial charge is 0.378 e. The normalized spacial score (nSPS) is 15.2. The molecule has 0 aliphatic carbocycles. The van der Waals surface area contributed by atoms with E-state index in [9.17, 15) is 4.79 Å². The summed E-state index contributed by atoms with van der Waals surface area (Å²) in [5.74, 6) is 0.506. The summed E-state index contributed by atoms with van der Waals surface area (Å²) in [6.45, 7) is 2.95. The molecule has 1 aromatic rings. The van der Waals surface area contributed by atoms with Crippen LogP contribution in [0.5, 0.6) is 0 Å². The van der Waals surface area contributed by atoms with E-state index < -0.39 is 0 Å². The first-order chi connectivity index (χ1) is 10.3. The van der Waals surface area contributed by atoms with Crippen molar-refractivity contribution in [2.24, 2.45) is 0 Å².